The van der Waals surface area contributed by atoms with Gasteiger partial charge in [0.05, 0.1) is 63.7 Å². The fraction of sp³-hybridized carbons (Fsp3) is 0.0702. The number of hydrogen-bond acceptors (Lipinski definition) is 5. The van der Waals surface area contributed by atoms with Crippen LogP contribution in [0, 0.1) is 64.4 Å². The summed E-state index contributed by atoms with van der Waals surface area (Å²) in [7, 11) is 0. The van der Waals surface area contributed by atoms with Gasteiger partial charge in [0.25, 0.3) is 0 Å². The molecular weight excluding hydrogens is 1610 g/mol. The van der Waals surface area contributed by atoms with Crippen LogP contribution in [0.15, 0.2) is 364 Å². The summed E-state index contributed by atoms with van der Waals surface area (Å²) in [5.74, 6) is -5.69. The molecular formula is C114H78F8N6. The average molecular weight is 1680 g/mol. The summed E-state index contributed by atoms with van der Waals surface area (Å²) in [5.41, 5.74) is 11.4. The van der Waals surface area contributed by atoms with Crippen LogP contribution < -0.4 is 19.6 Å². The highest BCUT2D eigenvalue weighted by Crippen LogP contribution is 2.54. The van der Waals surface area contributed by atoms with Gasteiger partial charge in [0.15, 0.2) is 5.69 Å². The summed E-state index contributed by atoms with van der Waals surface area (Å²) in [4.78, 5) is 10.8. The average Bonchev–Trinajstić information content (AvgIpc) is 0.721. The van der Waals surface area contributed by atoms with Gasteiger partial charge in [0.1, 0.15) is 46.5 Å². The van der Waals surface area contributed by atoms with Gasteiger partial charge in [-0.05, 0) is 196 Å². The Morgan fingerprint density at radius 3 is 0.773 bits per heavy atom. The second-order valence-electron chi connectivity index (χ2n) is 33.9. The molecule has 0 N–H and O–H groups in total. The molecule has 0 unspecified atom stereocenters. The molecule has 0 bridgehead atoms. The van der Waals surface area contributed by atoms with Crippen molar-refractivity contribution in [3.63, 3.8) is 0 Å². The van der Waals surface area contributed by atoms with E-state index in [-0.39, 0.29) is 44.7 Å². The van der Waals surface area contributed by atoms with Crippen molar-refractivity contribution in [2.45, 2.75) is 52.4 Å². The summed E-state index contributed by atoms with van der Waals surface area (Å²) in [6, 6.07) is 110. The Labute approximate surface area is 735 Å². The molecule has 14 heteroatoms. The first-order chi connectivity index (χ1) is 62.0. The number of nitrogens with zero attached hydrogens (tertiary/aromatic N) is 6. The fourth-order valence-corrected chi connectivity index (χ4v) is 18.1. The molecule has 0 saturated carbocycles. The van der Waals surface area contributed by atoms with E-state index in [1.165, 1.54) is 12.1 Å². The Morgan fingerprint density at radius 2 is 0.500 bits per heavy atom. The first-order valence-corrected chi connectivity index (χ1v) is 42.0. The highest BCUT2D eigenvalue weighted by Gasteiger charge is 2.32. The van der Waals surface area contributed by atoms with Crippen molar-refractivity contribution in [1.82, 2.24) is 0 Å². The Balaban J connectivity index is 0.000000167. The molecule has 0 aliphatic heterocycles. The first kappa shape index (κ1) is 81.7. The molecule has 0 atom stereocenters. The summed E-state index contributed by atoms with van der Waals surface area (Å²) in [6.45, 7) is 19.8. The molecule has 20 rings (SSSR count). The maximum absolute atomic E-state index is 16.7. The van der Waals surface area contributed by atoms with Crippen molar-refractivity contribution in [3.8, 4) is 50.6 Å². The van der Waals surface area contributed by atoms with Crippen molar-refractivity contribution in [2.75, 3.05) is 19.6 Å². The van der Waals surface area contributed by atoms with Crippen molar-refractivity contribution in [2.24, 2.45) is 0 Å². The topological polar surface area (TPSA) is 41.1 Å². The smallest absolute Gasteiger partial charge is 0.187 e. The van der Waals surface area contributed by atoms with E-state index in [2.05, 4.69) is 76.7 Å². The third-order valence-electron chi connectivity index (χ3n) is 24.1. The molecule has 128 heavy (non-hydrogen) atoms. The zero-order valence-electron chi connectivity index (χ0n) is 70.3. The van der Waals surface area contributed by atoms with Crippen LogP contribution >= 0.6 is 0 Å². The van der Waals surface area contributed by atoms with E-state index in [4.69, 9.17) is 6.57 Å². The highest BCUT2D eigenvalue weighted by atomic mass is 19.2. The molecule has 20 aromatic carbocycles. The molecule has 0 spiro atoms. The highest BCUT2D eigenvalue weighted by molar-refractivity contribution is 6.30. The van der Waals surface area contributed by atoms with Crippen LogP contribution in [0.1, 0.15) is 58.2 Å². The van der Waals surface area contributed by atoms with Crippen molar-refractivity contribution in [3.05, 3.63) is 439 Å². The molecule has 0 amide bonds. The number of para-hydroxylation sites is 4. The van der Waals surface area contributed by atoms with E-state index < -0.39 is 46.5 Å². The number of halogens is 8. The maximum Gasteiger partial charge on any atom is 0.187 e. The molecule has 6 nitrogen and oxygen atoms in total. The monoisotopic (exact) mass is 1680 g/mol. The van der Waals surface area contributed by atoms with Gasteiger partial charge in [-0.25, -0.2) is 40.0 Å². The van der Waals surface area contributed by atoms with Gasteiger partial charge >= 0.3 is 0 Å². The summed E-state index contributed by atoms with van der Waals surface area (Å²) >= 11 is 0. The van der Waals surface area contributed by atoms with Crippen molar-refractivity contribution < 1.29 is 35.1 Å². The summed E-state index contributed by atoms with van der Waals surface area (Å²) in [6.07, 6.45) is 0. The summed E-state index contributed by atoms with van der Waals surface area (Å²) in [5, 5.41) is 20.0. The molecule has 0 saturated heterocycles. The van der Waals surface area contributed by atoms with Crippen LogP contribution in [0.5, 0.6) is 0 Å². The predicted molar refractivity (Wildman–Crippen MR) is 509 cm³/mol. The second kappa shape index (κ2) is 33.0. The SMILES string of the molecule is CC(C)(C)c1ccccc1-c1cc(N(c2ccccc2)c2ccc3ccc4c(N(c5ccccc5)c5cc(-c6ccccc6C(C)(C)C)c(F)cc5F)ccc5ccc2c3c54)c(F)cc1F.[C-]#[N+]c1ccc(-c2cc(N(c3ccccc3)c3ccc4ccc5c(N(c6ccccc6)c6cc(-c7ccc(C#N)cc7)c(F)cc6F)ccc6ccc3c4c65)c(F)cc2F)cc1. The van der Waals surface area contributed by atoms with Crippen LogP contribution in [-0.2, 0) is 10.8 Å². The van der Waals surface area contributed by atoms with Crippen LogP contribution in [0.3, 0.4) is 0 Å². The van der Waals surface area contributed by atoms with Crippen LogP contribution in [0.2, 0.25) is 0 Å². The van der Waals surface area contributed by atoms with Gasteiger partial charge in [0.2, 0.25) is 0 Å². The number of nitriles is 1. The van der Waals surface area contributed by atoms with Gasteiger partial charge in [-0.2, -0.15) is 5.26 Å². The molecule has 620 valence electrons. The minimum Gasteiger partial charge on any atom is -0.307 e. The largest absolute Gasteiger partial charge is 0.307 e. The van der Waals surface area contributed by atoms with E-state index in [9.17, 15) is 5.26 Å². The zero-order valence-corrected chi connectivity index (χ0v) is 70.3. The molecule has 0 radical (unpaired) electrons. The third-order valence-corrected chi connectivity index (χ3v) is 24.1. The maximum atomic E-state index is 16.7. The van der Waals surface area contributed by atoms with Crippen molar-refractivity contribution in [1.29, 1.82) is 5.26 Å². The molecule has 20 aromatic rings. The Hall–Kier alpha value is -15.9. The number of rotatable bonds is 16. The van der Waals surface area contributed by atoms with E-state index in [0.29, 0.717) is 90.1 Å². The molecule has 0 fully saturated rings. The Morgan fingerprint density at radius 1 is 0.250 bits per heavy atom. The molecule has 0 heterocycles. The van der Waals surface area contributed by atoms with Crippen molar-refractivity contribution >= 4 is 139 Å². The quantitative estimate of drug-likeness (QED) is 0.0548. The standard InChI is InChI=1S/C60H48F4N2.C54H30F4N4/c1-59(2,3)47-23-15-13-21-41(47)45-33-55(51(63)35-49(45)61)65(39-17-9-7-10-18-39)53-31-27-37-26-30-44-54(32-28-38-25-29-43(53)57(37)58(38)44)66(40-19-11-8-12-20-40)56-34-46(50(62)36-52(56)64)42-22-14-16-24-48(42)60(4,5)6;1-60-38-22-16-35(17-23-38)44-29-52(48(58)31-46(44)56)62(40-10-6-3-7-11-40)50-27-21-37-18-24-41-49(26-20-36-19-25-42(50)54(37)53(36)41)61(39-8-4-2-5-9-39)51-28-43(45(55)30-47(51)57)34-14-12-33(32-59)13-15-34/h7-36H,1-6H3;2-31H. The van der Waals surface area contributed by atoms with Crippen LogP contribution in [-0.4, -0.2) is 0 Å². The first-order valence-electron chi connectivity index (χ1n) is 42.0. The van der Waals surface area contributed by atoms with E-state index in [1.807, 2.05) is 252 Å². The number of anilines is 12. The van der Waals surface area contributed by atoms with E-state index >= 15 is 35.1 Å². The van der Waals surface area contributed by atoms with Crippen LogP contribution in [0.4, 0.5) is 109 Å². The van der Waals surface area contributed by atoms with E-state index in [0.717, 1.165) is 100 Å². The second-order valence-corrected chi connectivity index (χ2v) is 33.9. The van der Waals surface area contributed by atoms with Gasteiger partial charge in [-0.15, -0.1) is 0 Å². The lowest BCUT2D eigenvalue weighted by atomic mass is 9.81. The zero-order chi connectivity index (χ0) is 88.6. The fourth-order valence-electron chi connectivity index (χ4n) is 18.1. The van der Waals surface area contributed by atoms with Gasteiger partial charge in [0, 0.05) is 90.8 Å². The Bertz CT molecular complexity index is 7320. The van der Waals surface area contributed by atoms with Gasteiger partial charge in [-0.1, -0.05) is 272 Å². The Kier molecular flexibility index (Phi) is 21.1. The van der Waals surface area contributed by atoms with E-state index in [1.54, 1.807) is 70.5 Å². The van der Waals surface area contributed by atoms with Gasteiger partial charge in [-0.3, -0.25) is 0 Å². The summed E-state index contributed by atoms with van der Waals surface area (Å²) < 4.78 is 130. The lowest BCUT2D eigenvalue weighted by Gasteiger charge is -2.30. The molecule has 0 aliphatic rings. The van der Waals surface area contributed by atoms with Gasteiger partial charge < -0.3 is 19.6 Å². The number of benzene rings is 20. The lowest BCUT2D eigenvalue weighted by molar-refractivity contribution is 0.580. The molecule has 0 aromatic heterocycles. The minimum absolute atomic E-state index is 0.120. The predicted octanol–water partition coefficient (Wildman–Crippen LogP) is 33.8. The third kappa shape index (κ3) is 14.7. The molecule has 0 aliphatic carbocycles. The normalized spacial score (nSPS) is 11.7. The lowest BCUT2D eigenvalue weighted by Crippen LogP contribution is -2.15. The van der Waals surface area contributed by atoms with Crippen LogP contribution in [0.25, 0.3) is 114 Å². The number of hydrogen-bond donors (Lipinski definition) is 0. The minimum atomic E-state index is -0.766.